The number of aliphatic carboxylic acids is 1. The number of carbonyl (C=O) groups is 3. The van der Waals surface area contributed by atoms with Crippen LogP contribution in [0.25, 0.3) is 0 Å². The number of rotatable bonds is 9. The summed E-state index contributed by atoms with van der Waals surface area (Å²) in [4.78, 5) is 34.4. The van der Waals surface area contributed by atoms with Crippen LogP contribution in [0, 0.1) is 0 Å². The number of ether oxygens (including phenoxy) is 1. The van der Waals surface area contributed by atoms with Crippen molar-refractivity contribution in [3.63, 3.8) is 0 Å². The highest BCUT2D eigenvalue weighted by Crippen LogP contribution is 1.90. The van der Waals surface area contributed by atoms with Gasteiger partial charge < -0.3 is 15.2 Å². The molecular weight excluding hydrogens is 240 g/mol. The molecule has 7 heteroatoms. The monoisotopic (exact) mass is 260 g/mol. The van der Waals surface area contributed by atoms with E-state index in [0.717, 1.165) is 0 Å². The van der Waals surface area contributed by atoms with Crippen LogP contribution in [0.1, 0.15) is 19.8 Å². The number of carboxylic acid groups (broad SMARTS) is 1. The second-order valence-corrected chi connectivity index (χ2v) is 3.73. The standard InChI is InChI=1S/C11H20N2O5/c1-3-13(8-11(17)18-2)7-9(14)12-6-4-5-10(15)16/h3-8H2,1-2H3,(H,12,14)(H,15,16). The van der Waals surface area contributed by atoms with Crippen molar-refractivity contribution in [1.29, 1.82) is 0 Å². The van der Waals surface area contributed by atoms with Gasteiger partial charge >= 0.3 is 11.9 Å². The van der Waals surface area contributed by atoms with Crippen molar-refractivity contribution >= 4 is 17.8 Å². The highest BCUT2D eigenvalue weighted by atomic mass is 16.5. The first kappa shape index (κ1) is 16.4. The molecular formula is C11H20N2O5. The molecule has 0 aliphatic rings. The number of hydrogen-bond donors (Lipinski definition) is 2. The van der Waals surface area contributed by atoms with E-state index in [2.05, 4.69) is 10.1 Å². The number of methoxy groups -OCH3 is 1. The molecule has 104 valence electrons. The third-order valence-electron chi connectivity index (χ3n) is 2.28. The van der Waals surface area contributed by atoms with Crippen molar-refractivity contribution in [2.75, 3.05) is 33.3 Å². The second kappa shape index (κ2) is 9.41. The number of esters is 1. The molecule has 0 bridgehead atoms. The third-order valence-corrected chi connectivity index (χ3v) is 2.28. The van der Waals surface area contributed by atoms with Crippen LogP contribution in [0.15, 0.2) is 0 Å². The summed E-state index contributed by atoms with van der Waals surface area (Å²) in [6.07, 6.45) is 0.421. The summed E-state index contributed by atoms with van der Waals surface area (Å²) < 4.78 is 4.51. The topological polar surface area (TPSA) is 95.9 Å². The molecule has 2 N–H and O–H groups in total. The maximum Gasteiger partial charge on any atom is 0.319 e. The van der Waals surface area contributed by atoms with Crippen LogP contribution in [-0.4, -0.2) is 61.1 Å². The van der Waals surface area contributed by atoms with Gasteiger partial charge in [-0.15, -0.1) is 0 Å². The Bertz CT molecular complexity index is 293. The molecule has 7 nitrogen and oxygen atoms in total. The van der Waals surface area contributed by atoms with Crippen molar-refractivity contribution in [2.24, 2.45) is 0 Å². The second-order valence-electron chi connectivity index (χ2n) is 3.73. The molecule has 0 atom stereocenters. The fourth-order valence-corrected chi connectivity index (χ4v) is 1.25. The molecule has 0 aromatic rings. The van der Waals surface area contributed by atoms with E-state index >= 15 is 0 Å². The Balaban J connectivity index is 3.82. The van der Waals surface area contributed by atoms with Gasteiger partial charge in [-0.05, 0) is 13.0 Å². The lowest BCUT2D eigenvalue weighted by atomic mass is 10.3. The minimum atomic E-state index is -0.884. The van der Waals surface area contributed by atoms with Crippen molar-refractivity contribution in [3.8, 4) is 0 Å². The fourth-order valence-electron chi connectivity index (χ4n) is 1.25. The molecule has 18 heavy (non-hydrogen) atoms. The minimum absolute atomic E-state index is 0.0277. The van der Waals surface area contributed by atoms with Gasteiger partial charge in [0.05, 0.1) is 20.2 Å². The van der Waals surface area contributed by atoms with Crippen molar-refractivity contribution in [1.82, 2.24) is 10.2 Å². The molecule has 0 saturated carbocycles. The van der Waals surface area contributed by atoms with Crippen LogP contribution in [0.3, 0.4) is 0 Å². The van der Waals surface area contributed by atoms with Gasteiger partial charge in [-0.3, -0.25) is 19.3 Å². The molecule has 0 heterocycles. The lowest BCUT2D eigenvalue weighted by molar-refractivity contribution is -0.142. The predicted octanol–water partition coefficient (Wildman–Crippen LogP) is -0.538. The molecule has 0 radical (unpaired) electrons. The number of nitrogens with zero attached hydrogens (tertiary/aromatic N) is 1. The third kappa shape index (κ3) is 8.51. The summed E-state index contributed by atoms with van der Waals surface area (Å²) in [5, 5.41) is 11.0. The van der Waals surface area contributed by atoms with E-state index < -0.39 is 11.9 Å². The van der Waals surface area contributed by atoms with Crippen LogP contribution >= 0.6 is 0 Å². The zero-order valence-corrected chi connectivity index (χ0v) is 10.8. The molecule has 0 aliphatic heterocycles. The summed E-state index contributed by atoms with van der Waals surface area (Å²) in [5.41, 5.74) is 0. The Morgan fingerprint density at radius 2 is 1.94 bits per heavy atom. The minimum Gasteiger partial charge on any atom is -0.481 e. The van der Waals surface area contributed by atoms with Crippen LogP contribution in [0.4, 0.5) is 0 Å². The van der Waals surface area contributed by atoms with Crippen molar-refractivity contribution in [2.45, 2.75) is 19.8 Å². The molecule has 0 aliphatic carbocycles. The van der Waals surface area contributed by atoms with Gasteiger partial charge in [0.2, 0.25) is 5.91 Å². The number of likely N-dealkylation sites (N-methyl/N-ethyl adjacent to an activating group) is 1. The quantitative estimate of drug-likeness (QED) is 0.427. The van der Waals surface area contributed by atoms with Gasteiger partial charge in [-0.2, -0.15) is 0 Å². The first-order valence-corrected chi connectivity index (χ1v) is 5.77. The Morgan fingerprint density at radius 1 is 1.28 bits per heavy atom. The van der Waals surface area contributed by atoms with E-state index in [1.54, 1.807) is 4.90 Å². The maximum atomic E-state index is 11.5. The summed E-state index contributed by atoms with van der Waals surface area (Å²) >= 11 is 0. The molecule has 0 unspecified atom stereocenters. The van der Waals surface area contributed by atoms with Gasteiger partial charge in [-0.1, -0.05) is 6.92 Å². The molecule has 0 aromatic carbocycles. The molecule has 0 aromatic heterocycles. The van der Waals surface area contributed by atoms with Crippen LogP contribution in [0.5, 0.6) is 0 Å². The highest BCUT2D eigenvalue weighted by Gasteiger charge is 2.12. The average molecular weight is 260 g/mol. The summed E-state index contributed by atoms with van der Waals surface area (Å²) in [7, 11) is 1.29. The van der Waals surface area contributed by atoms with Gasteiger partial charge in [0.25, 0.3) is 0 Å². The number of carbonyl (C=O) groups excluding carboxylic acids is 2. The lowest BCUT2D eigenvalue weighted by Gasteiger charge is -2.18. The first-order valence-electron chi connectivity index (χ1n) is 5.77. The summed E-state index contributed by atoms with van der Waals surface area (Å²) in [6.45, 7) is 2.87. The van der Waals surface area contributed by atoms with Crippen molar-refractivity contribution in [3.05, 3.63) is 0 Å². The summed E-state index contributed by atoms with van der Waals surface area (Å²) in [5.74, 6) is -1.51. The highest BCUT2D eigenvalue weighted by molar-refractivity contribution is 5.79. The zero-order valence-electron chi connectivity index (χ0n) is 10.8. The van der Waals surface area contributed by atoms with E-state index in [4.69, 9.17) is 5.11 Å². The normalized spacial score (nSPS) is 10.2. The van der Waals surface area contributed by atoms with E-state index in [1.807, 2.05) is 6.92 Å². The maximum absolute atomic E-state index is 11.5. The smallest absolute Gasteiger partial charge is 0.319 e. The molecule has 0 rings (SSSR count). The van der Waals surface area contributed by atoms with E-state index in [0.29, 0.717) is 19.5 Å². The summed E-state index contributed by atoms with van der Waals surface area (Å²) in [6, 6.07) is 0. The number of hydrogen-bond acceptors (Lipinski definition) is 5. The predicted molar refractivity (Wildman–Crippen MR) is 64.0 cm³/mol. The Hall–Kier alpha value is -1.63. The molecule has 0 fully saturated rings. The number of amides is 1. The SMILES string of the molecule is CCN(CC(=O)NCCCC(=O)O)CC(=O)OC. The van der Waals surface area contributed by atoms with Crippen LogP contribution < -0.4 is 5.32 Å². The van der Waals surface area contributed by atoms with E-state index in [9.17, 15) is 14.4 Å². The Labute approximate surface area is 106 Å². The Morgan fingerprint density at radius 3 is 2.44 bits per heavy atom. The lowest BCUT2D eigenvalue weighted by Crippen LogP contribution is -2.40. The zero-order chi connectivity index (χ0) is 14.0. The van der Waals surface area contributed by atoms with Gasteiger partial charge in [0, 0.05) is 13.0 Å². The average Bonchev–Trinajstić information content (AvgIpc) is 2.33. The van der Waals surface area contributed by atoms with Crippen LogP contribution in [0.2, 0.25) is 0 Å². The number of nitrogens with one attached hydrogen (secondary N) is 1. The largest absolute Gasteiger partial charge is 0.481 e. The van der Waals surface area contributed by atoms with Crippen LogP contribution in [-0.2, 0) is 19.1 Å². The molecule has 1 amide bonds. The van der Waals surface area contributed by atoms with Gasteiger partial charge in [0.15, 0.2) is 0 Å². The fraction of sp³-hybridized carbons (Fsp3) is 0.727. The molecule has 0 spiro atoms. The van der Waals surface area contributed by atoms with E-state index in [1.165, 1.54) is 7.11 Å². The van der Waals surface area contributed by atoms with Gasteiger partial charge in [0.1, 0.15) is 0 Å². The Kier molecular flexibility index (Phi) is 8.55. The van der Waals surface area contributed by atoms with Gasteiger partial charge in [-0.25, -0.2) is 0 Å². The number of carboxylic acids is 1. The van der Waals surface area contributed by atoms with E-state index in [-0.39, 0.29) is 25.4 Å². The van der Waals surface area contributed by atoms with Crippen molar-refractivity contribution < 1.29 is 24.2 Å². The first-order chi connectivity index (χ1) is 8.49. The molecule has 0 saturated heterocycles.